The van der Waals surface area contributed by atoms with Gasteiger partial charge >= 0.3 is 5.97 Å². The van der Waals surface area contributed by atoms with Crippen molar-refractivity contribution in [3.63, 3.8) is 0 Å². The number of thioether (sulfide) groups is 1. The molecule has 0 aromatic heterocycles. The minimum Gasteiger partial charge on any atom is -0.484 e. The monoisotopic (exact) mass is 489 g/mol. The number of para-hydroxylation sites is 1. The Hall–Kier alpha value is -3.57. The Morgan fingerprint density at radius 1 is 1.15 bits per heavy atom. The van der Waals surface area contributed by atoms with E-state index in [0.717, 1.165) is 0 Å². The number of carbonyl (C=O) groups excluding carboxylic acids is 3. The number of nitro groups is 1. The number of nitrogens with one attached hydrogen (secondary N) is 1. The van der Waals surface area contributed by atoms with E-state index in [2.05, 4.69) is 5.32 Å². The van der Waals surface area contributed by atoms with Crippen molar-refractivity contribution in [2.75, 3.05) is 12.4 Å². The van der Waals surface area contributed by atoms with Crippen LogP contribution in [0, 0.1) is 10.1 Å². The number of halogens is 1. The van der Waals surface area contributed by atoms with E-state index >= 15 is 0 Å². The second-order valence-corrected chi connectivity index (χ2v) is 8.51. The van der Waals surface area contributed by atoms with Crippen LogP contribution in [-0.4, -0.2) is 51.4 Å². The number of ether oxygens (including phenoxy) is 2. The first kappa shape index (κ1) is 22.6. The van der Waals surface area contributed by atoms with Crippen LogP contribution in [0.15, 0.2) is 65.3 Å². The molecule has 1 fully saturated rings. The summed E-state index contributed by atoms with van der Waals surface area (Å²) in [5, 5.41) is 13.0. The molecule has 2 aromatic rings. The van der Waals surface area contributed by atoms with Crippen molar-refractivity contribution >= 4 is 46.8 Å². The number of amides is 2. The third-order valence-electron chi connectivity index (χ3n) is 4.80. The molecule has 2 heterocycles. The van der Waals surface area contributed by atoms with Crippen LogP contribution in [0.5, 0.6) is 11.5 Å². The Kier molecular flexibility index (Phi) is 6.52. The zero-order valence-corrected chi connectivity index (χ0v) is 18.4. The zero-order valence-electron chi connectivity index (χ0n) is 16.8. The largest absolute Gasteiger partial charge is 0.484 e. The van der Waals surface area contributed by atoms with Crippen molar-refractivity contribution < 1.29 is 28.8 Å². The van der Waals surface area contributed by atoms with E-state index in [0.29, 0.717) is 5.75 Å². The van der Waals surface area contributed by atoms with Gasteiger partial charge in [0.25, 0.3) is 17.5 Å². The molecule has 33 heavy (non-hydrogen) atoms. The van der Waals surface area contributed by atoms with Crippen molar-refractivity contribution in [2.24, 2.45) is 0 Å². The SMILES string of the molecule is O=C(COc1ccccc1)NC1C(=O)N2C(C(=O)Oc3ccc([N+](=O)[O-])cc3)=C(Cl)CS[C@H]12. The smallest absolute Gasteiger partial charge is 0.361 e. The van der Waals surface area contributed by atoms with E-state index in [-0.39, 0.29) is 34.5 Å². The maximum absolute atomic E-state index is 12.7. The van der Waals surface area contributed by atoms with Crippen LogP contribution in [0.2, 0.25) is 0 Å². The number of fused-ring (bicyclic) bond motifs is 1. The van der Waals surface area contributed by atoms with E-state index in [1.165, 1.54) is 40.9 Å². The maximum atomic E-state index is 12.7. The number of carbonyl (C=O) groups is 3. The molecule has 0 saturated carbocycles. The van der Waals surface area contributed by atoms with E-state index in [4.69, 9.17) is 21.1 Å². The number of non-ortho nitro benzene ring substituents is 1. The standard InChI is InChI=1S/C21H16ClN3O7S/c22-15-11-33-20-17(23-16(26)10-31-13-4-2-1-3-5-13)19(27)24(20)18(15)21(28)32-14-8-6-12(7-9-14)25(29)30/h1-9,17,20H,10-11H2,(H,23,26)/t17?,20-/m1/s1. The highest BCUT2D eigenvalue weighted by Crippen LogP contribution is 2.41. The van der Waals surface area contributed by atoms with Crippen LogP contribution in [0.3, 0.4) is 0 Å². The molecule has 170 valence electrons. The first-order valence-electron chi connectivity index (χ1n) is 9.62. The van der Waals surface area contributed by atoms with Gasteiger partial charge in [0.05, 0.1) is 9.96 Å². The quantitative estimate of drug-likeness (QED) is 0.206. The van der Waals surface area contributed by atoms with Crippen molar-refractivity contribution in [1.29, 1.82) is 0 Å². The number of nitro benzene ring substituents is 1. The predicted octanol–water partition coefficient (Wildman–Crippen LogP) is 2.43. The highest BCUT2D eigenvalue weighted by molar-refractivity contribution is 8.00. The van der Waals surface area contributed by atoms with Gasteiger partial charge in [0.2, 0.25) is 0 Å². The van der Waals surface area contributed by atoms with Gasteiger partial charge in [-0.3, -0.25) is 24.6 Å². The lowest BCUT2D eigenvalue weighted by Gasteiger charge is -2.49. The van der Waals surface area contributed by atoms with Gasteiger partial charge in [-0.25, -0.2) is 4.79 Å². The topological polar surface area (TPSA) is 128 Å². The molecule has 2 aliphatic rings. The highest BCUT2D eigenvalue weighted by Gasteiger charge is 2.54. The minimum absolute atomic E-state index is 0.0632. The van der Waals surface area contributed by atoms with Crippen molar-refractivity contribution in [3.8, 4) is 11.5 Å². The first-order valence-corrected chi connectivity index (χ1v) is 11.0. The number of rotatable bonds is 7. The van der Waals surface area contributed by atoms with E-state index < -0.39 is 34.1 Å². The van der Waals surface area contributed by atoms with Crippen LogP contribution in [0.1, 0.15) is 0 Å². The predicted molar refractivity (Wildman–Crippen MR) is 119 cm³/mol. The molecule has 0 spiro atoms. The second kappa shape index (κ2) is 9.51. The normalized spacial score (nSPS) is 19.3. The molecule has 1 N–H and O–H groups in total. The van der Waals surface area contributed by atoms with Gasteiger partial charge in [-0.1, -0.05) is 29.8 Å². The minimum atomic E-state index is -0.871. The molecule has 0 aliphatic carbocycles. The molecule has 0 bridgehead atoms. The fraction of sp³-hybridized carbons (Fsp3) is 0.190. The molecule has 2 amide bonds. The highest BCUT2D eigenvalue weighted by atomic mass is 35.5. The number of hydrogen-bond donors (Lipinski definition) is 1. The number of esters is 1. The Bertz CT molecular complexity index is 1140. The van der Waals surface area contributed by atoms with Crippen molar-refractivity contribution in [3.05, 3.63) is 75.4 Å². The number of benzene rings is 2. The summed E-state index contributed by atoms with van der Waals surface area (Å²) in [4.78, 5) is 49.0. The van der Waals surface area contributed by atoms with Crippen LogP contribution < -0.4 is 14.8 Å². The molecular weight excluding hydrogens is 474 g/mol. The molecule has 0 radical (unpaired) electrons. The van der Waals surface area contributed by atoms with Gasteiger partial charge in [-0.15, -0.1) is 11.8 Å². The molecule has 12 heteroatoms. The zero-order chi connectivity index (χ0) is 23.5. The molecule has 1 unspecified atom stereocenters. The molecule has 2 atom stereocenters. The average Bonchev–Trinajstić information content (AvgIpc) is 2.82. The average molecular weight is 490 g/mol. The molecular formula is C21H16ClN3O7S. The van der Waals surface area contributed by atoms with E-state index in [9.17, 15) is 24.5 Å². The Balaban J connectivity index is 1.38. The summed E-state index contributed by atoms with van der Waals surface area (Å²) in [5.74, 6) is -1.03. The van der Waals surface area contributed by atoms with Gasteiger partial charge in [-0.05, 0) is 24.3 Å². The summed E-state index contributed by atoms with van der Waals surface area (Å²) < 4.78 is 10.6. The second-order valence-electron chi connectivity index (χ2n) is 6.95. The van der Waals surface area contributed by atoms with Gasteiger partial charge in [0, 0.05) is 17.9 Å². The summed E-state index contributed by atoms with van der Waals surface area (Å²) in [6.45, 7) is -0.267. The van der Waals surface area contributed by atoms with Crippen molar-refractivity contribution in [2.45, 2.75) is 11.4 Å². The van der Waals surface area contributed by atoms with Crippen LogP contribution in [-0.2, 0) is 14.4 Å². The van der Waals surface area contributed by atoms with Gasteiger partial charge in [-0.2, -0.15) is 0 Å². The Morgan fingerprint density at radius 3 is 2.52 bits per heavy atom. The third kappa shape index (κ3) is 4.78. The fourth-order valence-electron chi connectivity index (χ4n) is 3.24. The lowest BCUT2D eigenvalue weighted by Crippen LogP contribution is -2.70. The van der Waals surface area contributed by atoms with Crippen LogP contribution >= 0.6 is 23.4 Å². The summed E-state index contributed by atoms with van der Waals surface area (Å²) in [6.07, 6.45) is 0. The van der Waals surface area contributed by atoms with Crippen LogP contribution in [0.4, 0.5) is 5.69 Å². The summed E-state index contributed by atoms with van der Waals surface area (Å²) in [5.41, 5.74) is -0.274. The molecule has 10 nitrogen and oxygen atoms in total. The molecule has 2 aromatic carbocycles. The maximum Gasteiger partial charge on any atom is 0.361 e. The Morgan fingerprint density at radius 2 is 1.85 bits per heavy atom. The lowest BCUT2D eigenvalue weighted by molar-refractivity contribution is -0.384. The fourth-order valence-corrected chi connectivity index (χ4v) is 4.79. The van der Waals surface area contributed by atoms with Gasteiger partial charge in [0.1, 0.15) is 28.6 Å². The van der Waals surface area contributed by atoms with E-state index in [1.807, 2.05) is 6.07 Å². The first-order chi connectivity index (χ1) is 15.8. The van der Waals surface area contributed by atoms with Crippen LogP contribution in [0.25, 0.3) is 0 Å². The number of hydrogen-bond acceptors (Lipinski definition) is 8. The van der Waals surface area contributed by atoms with Gasteiger partial charge < -0.3 is 14.8 Å². The number of nitrogens with zero attached hydrogens (tertiary/aromatic N) is 2. The van der Waals surface area contributed by atoms with Crippen molar-refractivity contribution in [1.82, 2.24) is 10.2 Å². The lowest BCUT2D eigenvalue weighted by atomic mass is 10.1. The summed E-state index contributed by atoms with van der Waals surface area (Å²) in [6, 6.07) is 12.9. The van der Waals surface area contributed by atoms with Gasteiger partial charge in [0.15, 0.2) is 6.61 Å². The summed E-state index contributed by atoms with van der Waals surface area (Å²) >= 11 is 7.51. The molecule has 4 rings (SSSR count). The van der Waals surface area contributed by atoms with E-state index in [1.54, 1.807) is 24.3 Å². The third-order valence-corrected chi connectivity index (χ3v) is 6.55. The Labute approximate surface area is 196 Å². The number of β-lactam (4-membered cyclic amide) rings is 1. The summed E-state index contributed by atoms with van der Waals surface area (Å²) in [7, 11) is 0. The molecule has 1 saturated heterocycles. The molecule has 2 aliphatic heterocycles.